The molecular formula is C17H16N4OS. The Morgan fingerprint density at radius 1 is 1.09 bits per heavy atom. The van der Waals surface area contributed by atoms with Crippen molar-refractivity contribution in [2.75, 3.05) is 11.6 Å². The molecular weight excluding hydrogens is 308 g/mol. The molecule has 0 atom stereocenters. The first kappa shape index (κ1) is 15.3. The van der Waals surface area contributed by atoms with Crippen LogP contribution in [0.2, 0.25) is 0 Å². The normalized spacial score (nSPS) is 10.5. The first-order chi connectivity index (χ1) is 11.2. The van der Waals surface area contributed by atoms with Gasteiger partial charge in [0.2, 0.25) is 0 Å². The summed E-state index contributed by atoms with van der Waals surface area (Å²) >= 11 is 1.58. The van der Waals surface area contributed by atoms with Gasteiger partial charge < -0.3 is 5.32 Å². The van der Waals surface area contributed by atoms with Crippen molar-refractivity contribution in [3.63, 3.8) is 0 Å². The summed E-state index contributed by atoms with van der Waals surface area (Å²) in [5.74, 6) is -0.258. The zero-order chi connectivity index (χ0) is 16.2. The molecule has 1 N–H and O–H groups in total. The van der Waals surface area contributed by atoms with Gasteiger partial charge in [0.05, 0.1) is 17.1 Å². The Hall–Kier alpha value is -2.60. The first-order valence-corrected chi connectivity index (χ1v) is 8.35. The molecule has 1 heterocycles. The van der Waals surface area contributed by atoms with Crippen molar-refractivity contribution in [3.05, 3.63) is 66.0 Å². The number of anilines is 1. The Balaban J connectivity index is 1.88. The molecule has 2 aromatic carbocycles. The van der Waals surface area contributed by atoms with Gasteiger partial charge in [-0.05, 0) is 37.4 Å². The fourth-order valence-corrected chi connectivity index (χ4v) is 2.84. The van der Waals surface area contributed by atoms with Crippen LogP contribution in [-0.4, -0.2) is 27.2 Å². The predicted octanol–water partition coefficient (Wildman–Crippen LogP) is 3.55. The highest BCUT2D eigenvalue weighted by Gasteiger charge is 2.18. The van der Waals surface area contributed by atoms with E-state index < -0.39 is 0 Å². The second-order valence-electron chi connectivity index (χ2n) is 4.93. The average molecular weight is 324 g/mol. The number of rotatable bonds is 4. The molecule has 0 unspecified atom stereocenters. The second kappa shape index (κ2) is 6.66. The van der Waals surface area contributed by atoms with Crippen molar-refractivity contribution in [3.8, 4) is 5.69 Å². The Morgan fingerprint density at radius 3 is 2.52 bits per heavy atom. The van der Waals surface area contributed by atoms with Gasteiger partial charge in [0.25, 0.3) is 5.91 Å². The van der Waals surface area contributed by atoms with E-state index in [2.05, 4.69) is 15.6 Å². The van der Waals surface area contributed by atoms with Crippen LogP contribution < -0.4 is 5.32 Å². The van der Waals surface area contributed by atoms with Gasteiger partial charge in [0.1, 0.15) is 0 Å². The lowest BCUT2D eigenvalue weighted by atomic mass is 10.2. The van der Waals surface area contributed by atoms with Gasteiger partial charge >= 0.3 is 0 Å². The molecule has 5 nitrogen and oxygen atoms in total. The summed E-state index contributed by atoms with van der Waals surface area (Å²) in [6.07, 6.45) is 1.97. The van der Waals surface area contributed by atoms with Crippen molar-refractivity contribution in [1.82, 2.24) is 15.0 Å². The van der Waals surface area contributed by atoms with Gasteiger partial charge in [-0.1, -0.05) is 35.5 Å². The van der Waals surface area contributed by atoms with Crippen molar-refractivity contribution < 1.29 is 4.79 Å². The van der Waals surface area contributed by atoms with E-state index in [0.717, 1.165) is 16.3 Å². The minimum Gasteiger partial charge on any atom is -0.319 e. The highest BCUT2D eigenvalue weighted by molar-refractivity contribution is 7.98. The number of carbonyl (C=O) groups is 1. The topological polar surface area (TPSA) is 59.8 Å². The van der Waals surface area contributed by atoms with Crippen LogP contribution in [0.4, 0.5) is 5.69 Å². The maximum Gasteiger partial charge on any atom is 0.278 e. The van der Waals surface area contributed by atoms with Gasteiger partial charge in [-0.25, -0.2) is 4.68 Å². The second-order valence-corrected chi connectivity index (χ2v) is 5.77. The third-order valence-corrected chi connectivity index (χ3v) is 4.26. The largest absolute Gasteiger partial charge is 0.319 e. The zero-order valence-corrected chi connectivity index (χ0v) is 13.7. The average Bonchev–Trinajstić information content (AvgIpc) is 2.98. The Morgan fingerprint density at radius 2 is 1.78 bits per heavy atom. The van der Waals surface area contributed by atoms with Gasteiger partial charge in [-0.2, -0.15) is 0 Å². The quantitative estimate of drug-likeness (QED) is 0.746. The van der Waals surface area contributed by atoms with E-state index >= 15 is 0 Å². The lowest BCUT2D eigenvalue weighted by Gasteiger charge is -2.08. The van der Waals surface area contributed by atoms with Crippen LogP contribution >= 0.6 is 11.8 Å². The summed E-state index contributed by atoms with van der Waals surface area (Å²) < 4.78 is 1.66. The fourth-order valence-electron chi connectivity index (χ4n) is 2.28. The summed E-state index contributed by atoms with van der Waals surface area (Å²) in [5.41, 5.74) is 2.68. The summed E-state index contributed by atoms with van der Waals surface area (Å²) in [7, 11) is 0. The van der Waals surface area contributed by atoms with Gasteiger partial charge in [-0.15, -0.1) is 16.9 Å². The molecule has 116 valence electrons. The van der Waals surface area contributed by atoms with E-state index in [9.17, 15) is 4.79 Å². The predicted molar refractivity (Wildman–Crippen MR) is 92.3 cm³/mol. The molecule has 0 saturated carbocycles. The molecule has 0 bridgehead atoms. The van der Waals surface area contributed by atoms with Crippen LogP contribution in [0.1, 0.15) is 16.2 Å². The SMILES string of the molecule is CSc1ccccc1NC(=O)c1nnn(-c2ccccc2)c1C. The van der Waals surface area contributed by atoms with Crippen LogP contribution in [0, 0.1) is 6.92 Å². The Bertz CT molecular complexity index is 830. The maximum absolute atomic E-state index is 12.5. The van der Waals surface area contributed by atoms with Gasteiger partial charge in [0.15, 0.2) is 5.69 Å². The van der Waals surface area contributed by atoms with Crippen molar-refractivity contribution in [2.45, 2.75) is 11.8 Å². The number of carbonyl (C=O) groups excluding carboxylic acids is 1. The Labute approximate surface area is 138 Å². The van der Waals surface area contributed by atoms with E-state index in [1.807, 2.05) is 67.8 Å². The molecule has 0 radical (unpaired) electrons. The molecule has 1 amide bonds. The van der Waals surface area contributed by atoms with Crippen LogP contribution in [0.3, 0.4) is 0 Å². The molecule has 0 spiro atoms. The van der Waals surface area contributed by atoms with Gasteiger partial charge in [-0.3, -0.25) is 4.79 Å². The monoisotopic (exact) mass is 324 g/mol. The van der Waals surface area contributed by atoms with Crippen LogP contribution in [0.5, 0.6) is 0 Å². The summed E-state index contributed by atoms with van der Waals surface area (Å²) in [5, 5.41) is 11.0. The number of amides is 1. The summed E-state index contributed by atoms with van der Waals surface area (Å²) in [6, 6.07) is 17.3. The number of aromatic nitrogens is 3. The molecule has 1 aromatic heterocycles. The fraction of sp³-hybridized carbons (Fsp3) is 0.118. The highest BCUT2D eigenvalue weighted by atomic mass is 32.2. The van der Waals surface area contributed by atoms with Crippen molar-refractivity contribution in [1.29, 1.82) is 0 Å². The first-order valence-electron chi connectivity index (χ1n) is 7.13. The van der Waals surface area contributed by atoms with Crippen molar-refractivity contribution >= 4 is 23.4 Å². The third-order valence-electron chi connectivity index (χ3n) is 3.47. The molecule has 0 fully saturated rings. The van der Waals surface area contributed by atoms with Gasteiger partial charge in [0, 0.05) is 4.90 Å². The molecule has 0 saturated heterocycles. The summed E-state index contributed by atoms with van der Waals surface area (Å²) in [6.45, 7) is 1.84. The number of hydrogen-bond donors (Lipinski definition) is 1. The minimum atomic E-state index is -0.258. The van der Waals surface area contributed by atoms with E-state index in [-0.39, 0.29) is 5.91 Å². The molecule has 3 rings (SSSR count). The van der Waals surface area contributed by atoms with E-state index in [1.165, 1.54) is 0 Å². The zero-order valence-electron chi connectivity index (χ0n) is 12.9. The minimum absolute atomic E-state index is 0.258. The number of nitrogens with zero attached hydrogens (tertiary/aromatic N) is 3. The number of hydrogen-bond acceptors (Lipinski definition) is 4. The summed E-state index contributed by atoms with van der Waals surface area (Å²) in [4.78, 5) is 13.5. The van der Waals surface area contributed by atoms with Crippen LogP contribution in [-0.2, 0) is 0 Å². The van der Waals surface area contributed by atoms with Crippen molar-refractivity contribution in [2.24, 2.45) is 0 Å². The highest BCUT2D eigenvalue weighted by Crippen LogP contribution is 2.25. The molecule has 3 aromatic rings. The molecule has 0 aliphatic heterocycles. The number of benzene rings is 2. The maximum atomic E-state index is 12.5. The Kier molecular flexibility index (Phi) is 4.43. The number of thioether (sulfide) groups is 1. The smallest absolute Gasteiger partial charge is 0.278 e. The molecule has 23 heavy (non-hydrogen) atoms. The number of nitrogens with one attached hydrogen (secondary N) is 1. The standard InChI is InChI=1S/C17H16N4OS/c1-12-16(19-20-21(12)13-8-4-3-5-9-13)17(22)18-14-10-6-7-11-15(14)23-2/h3-11H,1-2H3,(H,18,22). The number of para-hydroxylation sites is 2. The van der Waals surface area contributed by atoms with E-state index in [1.54, 1.807) is 16.4 Å². The molecule has 0 aliphatic rings. The molecule has 0 aliphatic carbocycles. The van der Waals surface area contributed by atoms with E-state index in [4.69, 9.17) is 0 Å². The molecule has 6 heteroatoms. The van der Waals surface area contributed by atoms with E-state index in [0.29, 0.717) is 11.4 Å². The van der Waals surface area contributed by atoms with Crippen LogP contribution in [0.25, 0.3) is 5.69 Å². The lowest BCUT2D eigenvalue weighted by molar-refractivity contribution is 0.102. The lowest BCUT2D eigenvalue weighted by Crippen LogP contribution is -2.14. The third kappa shape index (κ3) is 3.12. The van der Waals surface area contributed by atoms with Crippen LogP contribution in [0.15, 0.2) is 59.5 Å².